The lowest BCUT2D eigenvalue weighted by atomic mass is 10.2. The van der Waals surface area contributed by atoms with E-state index in [0.717, 1.165) is 13.0 Å². The van der Waals surface area contributed by atoms with Gasteiger partial charge in [-0.25, -0.2) is 0 Å². The van der Waals surface area contributed by atoms with E-state index in [1.54, 1.807) is 0 Å². The van der Waals surface area contributed by atoms with Crippen LogP contribution in [0.1, 0.15) is 32.1 Å². The molecule has 1 atom stereocenters. The summed E-state index contributed by atoms with van der Waals surface area (Å²) in [6.07, 6.45) is 7.23. The highest BCUT2D eigenvalue weighted by molar-refractivity contribution is 4.95. The van der Waals surface area contributed by atoms with E-state index in [2.05, 4.69) is 0 Å². The van der Waals surface area contributed by atoms with Gasteiger partial charge in [0.25, 0.3) is 0 Å². The Morgan fingerprint density at radius 2 is 2.20 bits per heavy atom. The molecule has 1 aliphatic heterocycles. The molecule has 0 aromatic heterocycles. The molecule has 1 saturated carbocycles. The van der Waals surface area contributed by atoms with Crippen LogP contribution in [0.5, 0.6) is 0 Å². The average molecular weight is 141 g/mol. The van der Waals surface area contributed by atoms with Gasteiger partial charge in [0.05, 0.1) is 0 Å². The van der Waals surface area contributed by atoms with Crippen LogP contribution in [0.4, 0.5) is 0 Å². The molecule has 0 bridgehead atoms. The van der Waals surface area contributed by atoms with Crippen molar-refractivity contribution in [3.63, 3.8) is 0 Å². The standard InChI is InChI=1S/C8H13O2/c1-2-6-9-8(3-1)10-7-4-5-7/h8H,1-6H2. The molecule has 10 heavy (non-hydrogen) atoms. The first-order chi connectivity index (χ1) is 4.95. The molecule has 0 aromatic carbocycles. The second kappa shape index (κ2) is 2.89. The van der Waals surface area contributed by atoms with Crippen LogP contribution in [-0.2, 0) is 9.47 Å². The molecule has 0 amide bonds. The summed E-state index contributed by atoms with van der Waals surface area (Å²) >= 11 is 0. The van der Waals surface area contributed by atoms with Crippen LogP contribution in [0, 0.1) is 6.10 Å². The highest BCUT2D eigenvalue weighted by atomic mass is 16.7. The van der Waals surface area contributed by atoms with Gasteiger partial charge in [-0.05, 0) is 32.1 Å². The Bertz CT molecular complexity index is 104. The van der Waals surface area contributed by atoms with Gasteiger partial charge in [-0.1, -0.05) is 0 Å². The summed E-state index contributed by atoms with van der Waals surface area (Å²) in [4.78, 5) is 0. The van der Waals surface area contributed by atoms with Gasteiger partial charge in [-0.2, -0.15) is 0 Å². The first kappa shape index (κ1) is 6.62. The molecular formula is C8H13O2. The summed E-state index contributed by atoms with van der Waals surface area (Å²) in [7, 11) is 0. The number of ether oxygens (including phenoxy) is 2. The first-order valence-corrected chi connectivity index (χ1v) is 4.08. The fourth-order valence-electron chi connectivity index (χ4n) is 1.16. The van der Waals surface area contributed by atoms with E-state index in [4.69, 9.17) is 9.47 Å². The van der Waals surface area contributed by atoms with Crippen LogP contribution in [0.25, 0.3) is 0 Å². The Balaban J connectivity index is 1.69. The van der Waals surface area contributed by atoms with E-state index in [0.29, 0.717) is 0 Å². The molecule has 2 fully saturated rings. The summed E-state index contributed by atoms with van der Waals surface area (Å²) < 4.78 is 10.9. The topological polar surface area (TPSA) is 18.5 Å². The third-order valence-corrected chi connectivity index (χ3v) is 1.89. The van der Waals surface area contributed by atoms with Crippen LogP contribution in [0.15, 0.2) is 0 Å². The normalized spacial score (nSPS) is 34.2. The van der Waals surface area contributed by atoms with Crippen LogP contribution in [-0.4, -0.2) is 12.9 Å². The third-order valence-electron chi connectivity index (χ3n) is 1.89. The minimum atomic E-state index is 0.103. The minimum absolute atomic E-state index is 0.103. The molecule has 1 unspecified atom stereocenters. The van der Waals surface area contributed by atoms with Crippen molar-refractivity contribution in [2.24, 2.45) is 0 Å². The first-order valence-electron chi connectivity index (χ1n) is 4.08. The van der Waals surface area contributed by atoms with Gasteiger partial charge in [0.2, 0.25) is 0 Å². The Labute approximate surface area is 61.5 Å². The van der Waals surface area contributed by atoms with Crippen LogP contribution < -0.4 is 0 Å². The molecule has 0 N–H and O–H groups in total. The summed E-state index contributed by atoms with van der Waals surface area (Å²) in [5.74, 6) is 0. The molecule has 1 saturated heterocycles. The maximum atomic E-state index is 5.50. The Kier molecular flexibility index (Phi) is 1.91. The zero-order chi connectivity index (χ0) is 6.81. The zero-order valence-electron chi connectivity index (χ0n) is 6.14. The van der Waals surface area contributed by atoms with E-state index in [1.807, 2.05) is 0 Å². The third kappa shape index (κ3) is 1.70. The molecule has 2 heteroatoms. The number of hydrogen-bond acceptors (Lipinski definition) is 2. The molecular weight excluding hydrogens is 128 g/mol. The van der Waals surface area contributed by atoms with Gasteiger partial charge < -0.3 is 9.47 Å². The lowest BCUT2D eigenvalue weighted by Crippen LogP contribution is -2.21. The maximum Gasteiger partial charge on any atom is 0.158 e. The molecule has 1 heterocycles. The van der Waals surface area contributed by atoms with Crippen LogP contribution >= 0.6 is 0 Å². The second-order valence-electron chi connectivity index (χ2n) is 2.95. The van der Waals surface area contributed by atoms with Crippen molar-refractivity contribution in [2.75, 3.05) is 6.61 Å². The van der Waals surface area contributed by atoms with Gasteiger partial charge in [0.15, 0.2) is 6.29 Å². The molecule has 0 spiro atoms. The Hall–Kier alpha value is -0.0800. The number of rotatable bonds is 2. The zero-order valence-corrected chi connectivity index (χ0v) is 6.14. The molecule has 0 aromatic rings. The van der Waals surface area contributed by atoms with E-state index in [1.165, 1.54) is 31.8 Å². The van der Waals surface area contributed by atoms with E-state index in [9.17, 15) is 0 Å². The molecule has 1 radical (unpaired) electrons. The Morgan fingerprint density at radius 1 is 1.30 bits per heavy atom. The van der Waals surface area contributed by atoms with Crippen molar-refractivity contribution >= 4 is 0 Å². The van der Waals surface area contributed by atoms with Crippen molar-refractivity contribution in [3.8, 4) is 0 Å². The van der Waals surface area contributed by atoms with Gasteiger partial charge in [0, 0.05) is 6.61 Å². The molecule has 57 valence electrons. The van der Waals surface area contributed by atoms with Crippen molar-refractivity contribution in [2.45, 2.75) is 38.4 Å². The van der Waals surface area contributed by atoms with Crippen molar-refractivity contribution in [3.05, 3.63) is 6.10 Å². The van der Waals surface area contributed by atoms with Crippen molar-refractivity contribution in [1.29, 1.82) is 0 Å². The van der Waals surface area contributed by atoms with E-state index < -0.39 is 0 Å². The van der Waals surface area contributed by atoms with Crippen LogP contribution in [0.3, 0.4) is 0 Å². The summed E-state index contributed by atoms with van der Waals surface area (Å²) in [6.45, 7) is 0.887. The summed E-state index contributed by atoms with van der Waals surface area (Å²) in [5.41, 5.74) is 0. The van der Waals surface area contributed by atoms with Gasteiger partial charge >= 0.3 is 0 Å². The SMILES string of the molecule is C1CCC(O[C]2CC2)OC1. The smallest absolute Gasteiger partial charge is 0.158 e. The average Bonchev–Trinajstić information content (AvgIpc) is 2.74. The van der Waals surface area contributed by atoms with Crippen LogP contribution in [0.2, 0.25) is 0 Å². The molecule has 2 aliphatic rings. The largest absolute Gasteiger partial charge is 0.353 e. The molecule has 2 nitrogen and oxygen atoms in total. The lowest BCUT2D eigenvalue weighted by Gasteiger charge is -2.21. The highest BCUT2D eigenvalue weighted by Crippen LogP contribution is 2.35. The molecule has 2 rings (SSSR count). The Morgan fingerprint density at radius 3 is 2.80 bits per heavy atom. The predicted octanol–water partition coefficient (Wildman–Crippen LogP) is 1.86. The fraction of sp³-hybridized carbons (Fsp3) is 0.875. The maximum absolute atomic E-state index is 5.50. The lowest BCUT2D eigenvalue weighted by molar-refractivity contribution is -0.146. The fourth-order valence-corrected chi connectivity index (χ4v) is 1.16. The van der Waals surface area contributed by atoms with E-state index in [-0.39, 0.29) is 6.29 Å². The van der Waals surface area contributed by atoms with Crippen molar-refractivity contribution < 1.29 is 9.47 Å². The van der Waals surface area contributed by atoms with Gasteiger partial charge in [-0.15, -0.1) is 0 Å². The quantitative estimate of drug-likeness (QED) is 0.584. The molecule has 1 aliphatic carbocycles. The summed E-state index contributed by atoms with van der Waals surface area (Å²) in [6, 6.07) is 0. The monoisotopic (exact) mass is 141 g/mol. The van der Waals surface area contributed by atoms with E-state index >= 15 is 0 Å². The minimum Gasteiger partial charge on any atom is -0.353 e. The predicted molar refractivity (Wildman–Crippen MR) is 37.2 cm³/mol. The highest BCUT2D eigenvalue weighted by Gasteiger charge is 2.28. The van der Waals surface area contributed by atoms with Gasteiger partial charge in [0.1, 0.15) is 6.10 Å². The summed E-state index contributed by atoms with van der Waals surface area (Å²) in [5, 5.41) is 0. The van der Waals surface area contributed by atoms with Gasteiger partial charge in [-0.3, -0.25) is 0 Å². The number of hydrogen-bond donors (Lipinski definition) is 0. The van der Waals surface area contributed by atoms with Crippen molar-refractivity contribution in [1.82, 2.24) is 0 Å². The second-order valence-corrected chi connectivity index (χ2v) is 2.95.